The molecule has 1 N–H and O–H groups in total. The van der Waals surface area contributed by atoms with Crippen LogP contribution >= 0.6 is 0 Å². The summed E-state index contributed by atoms with van der Waals surface area (Å²) in [6.07, 6.45) is 5.44. The van der Waals surface area contributed by atoms with Gasteiger partial charge in [0.15, 0.2) is 0 Å². The Kier molecular flexibility index (Phi) is 4.02. The van der Waals surface area contributed by atoms with Gasteiger partial charge in [-0.05, 0) is 50.6 Å². The first-order valence-electron chi connectivity index (χ1n) is 6.50. The molecule has 1 heterocycles. The first-order chi connectivity index (χ1) is 8.63. The lowest BCUT2D eigenvalue weighted by Crippen LogP contribution is -2.29. The lowest BCUT2D eigenvalue weighted by Gasteiger charge is -2.30. The van der Waals surface area contributed by atoms with Gasteiger partial charge in [0.05, 0.1) is 0 Å². The highest BCUT2D eigenvalue weighted by molar-refractivity contribution is 5.58. The maximum absolute atomic E-state index is 13.8. The van der Waals surface area contributed by atoms with Crippen LogP contribution in [-0.2, 0) is 0 Å². The van der Waals surface area contributed by atoms with Crippen molar-refractivity contribution in [1.29, 1.82) is 0 Å². The maximum Gasteiger partial charge on any atom is 0.126 e. The molecular weight excluding hydrogens is 227 g/mol. The zero-order valence-corrected chi connectivity index (χ0v) is 11.3. The molecule has 0 fully saturated rings. The molecule has 1 aliphatic heterocycles. The van der Waals surface area contributed by atoms with Crippen molar-refractivity contribution in [2.45, 2.75) is 26.3 Å². The number of nitrogens with zero attached hydrogens (tertiary/aromatic N) is 1. The fourth-order valence-electron chi connectivity index (χ4n) is 2.32. The van der Waals surface area contributed by atoms with Crippen molar-refractivity contribution in [3.8, 4) is 0 Å². The summed E-state index contributed by atoms with van der Waals surface area (Å²) < 4.78 is 13.8. The minimum Gasteiger partial charge on any atom is -0.367 e. The molecule has 0 amide bonds. The fraction of sp³-hybridized carbons (Fsp3) is 0.467. The first kappa shape index (κ1) is 13.1. The van der Waals surface area contributed by atoms with Crippen LogP contribution in [0.4, 0.5) is 10.1 Å². The van der Waals surface area contributed by atoms with E-state index in [1.54, 1.807) is 6.07 Å². The molecule has 0 saturated heterocycles. The molecule has 1 aliphatic rings. The van der Waals surface area contributed by atoms with E-state index < -0.39 is 0 Å². The van der Waals surface area contributed by atoms with E-state index in [1.807, 2.05) is 20.0 Å². The standard InChI is InChI=1S/C15H21FN2/c1-11-9-15(18-7-5-4-6-8-18)13(10-14(11)16)12(2)17-3/h4-5,9-10,12,17H,6-8H2,1-3H3. The molecular formula is C15H21FN2. The average molecular weight is 248 g/mol. The highest BCUT2D eigenvalue weighted by atomic mass is 19.1. The summed E-state index contributed by atoms with van der Waals surface area (Å²) in [5, 5.41) is 3.20. The molecule has 0 aliphatic carbocycles. The predicted molar refractivity (Wildman–Crippen MR) is 74.6 cm³/mol. The molecule has 2 rings (SSSR count). The Labute approximate surface area is 108 Å². The summed E-state index contributed by atoms with van der Waals surface area (Å²) in [6, 6.07) is 3.79. The third-order valence-electron chi connectivity index (χ3n) is 3.61. The van der Waals surface area contributed by atoms with Crippen molar-refractivity contribution < 1.29 is 4.39 Å². The number of rotatable bonds is 3. The van der Waals surface area contributed by atoms with E-state index in [4.69, 9.17) is 0 Å². The number of anilines is 1. The van der Waals surface area contributed by atoms with Crippen molar-refractivity contribution in [3.05, 3.63) is 41.2 Å². The minimum atomic E-state index is -0.122. The van der Waals surface area contributed by atoms with E-state index in [0.717, 1.165) is 30.8 Å². The number of nitrogens with one attached hydrogen (secondary N) is 1. The molecule has 0 bridgehead atoms. The smallest absolute Gasteiger partial charge is 0.126 e. The topological polar surface area (TPSA) is 15.3 Å². The predicted octanol–water partition coefficient (Wildman–Crippen LogP) is 3.18. The lowest BCUT2D eigenvalue weighted by atomic mass is 10.0. The summed E-state index contributed by atoms with van der Waals surface area (Å²) in [5.41, 5.74) is 2.91. The van der Waals surface area contributed by atoms with E-state index in [0.29, 0.717) is 5.56 Å². The Bertz CT molecular complexity index is 454. The van der Waals surface area contributed by atoms with Gasteiger partial charge in [0, 0.05) is 24.8 Å². The van der Waals surface area contributed by atoms with E-state index in [-0.39, 0.29) is 11.9 Å². The van der Waals surface area contributed by atoms with Crippen LogP contribution in [0.15, 0.2) is 24.3 Å². The van der Waals surface area contributed by atoms with Crippen LogP contribution in [0, 0.1) is 12.7 Å². The van der Waals surface area contributed by atoms with Gasteiger partial charge >= 0.3 is 0 Å². The van der Waals surface area contributed by atoms with Crippen molar-refractivity contribution in [2.75, 3.05) is 25.0 Å². The molecule has 0 spiro atoms. The number of hydrogen-bond donors (Lipinski definition) is 1. The quantitative estimate of drug-likeness (QED) is 0.826. The molecule has 0 saturated carbocycles. The molecule has 0 radical (unpaired) electrons. The third kappa shape index (κ3) is 2.56. The first-order valence-corrected chi connectivity index (χ1v) is 6.50. The Morgan fingerprint density at radius 1 is 1.33 bits per heavy atom. The van der Waals surface area contributed by atoms with Crippen LogP contribution in [0.25, 0.3) is 0 Å². The highest BCUT2D eigenvalue weighted by Gasteiger charge is 2.17. The van der Waals surface area contributed by atoms with E-state index >= 15 is 0 Å². The Morgan fingerprint density at radius 2 is 2.11 bits per heavy atom. The van der Waals surface area contributed by atoms with Crippen molar-refractivity contribution in [2.24, 2.45) is 0 Å². The molecule has 3 heteroatoms. The zero-order chi connectivity index (χ0) is 13.1. The second-order valence-corrected chi connectivity index (χ2v) is 4.88. The maximum atomic E-state index is 13.8. The van der Waals surface area contributed by atoms with Gasteiger partial charge in [0.1, 0.15) is 5.82 Å². The van der Waals surface area contributed by atoms with Gasteiger partial charge in [-0.3, -0.25) is 0 Å². The summed E-state index contributed by atoms with van der Waals surface area (Å²) in [5.74, 6) is -0.122. The van der Waals surface area contributed by atoms with Crippen LogP contribution in [0.3, 0.4) is 0 Å². The van der Waals surface area contributed by atoms with Gasteiger partial charge in [-0.15, -0.1) is 0 Å². The normalized spacial score (nSPS) is 17.0. The molecule has 1 atom stereocenters. The Balaban J connectivity index is 2.42. The second-order valence-electron chi connectivity index (χ2n) is 4.88. The Hall–Kier alpha value is -1.35. The van der Waals surface area contributed by atoms with E-state index in [1.165, 1.54) is 0 Å². The molecule has 1 aromatic rings. The summed E-state index contributed by atoms with van der Waals surface area (Å²) in [6.45, 7) is 5.80. The number of hydrogen-bond acceptors (Lipinski definition) is 2. The molecule has 2 nitrogen and oxygen atoms in total. The van der Waals surface area contributed by atoms with Crippen LogP contribution in [0.2, 0.25) is 0 Å². The summed E-state index contributed by atoms with van der Waals surface area (Å²) in [7, 11) is 1.91. The third-order valence-corrected chi connectivity index (χ3v) is 3.61. The Morgan fingerprint density at radius 3 is 2.72 bits per heavy atom. The SMILES string of the molecule is CNC(C)c1cc(F)c(C)cc1N1CC=CCC1. The molecule has 1 unspecified atom stereocenters. The second kappa shape index (κ2) is 5.53. The largest absolute Gasteiger partial charge is 0.367 e. The van der Waals surface area contributed by atoms with Crippen LogP contribution in [0.5, 0.6) is 0 Å². The van der Waals surface area contributed by atoms with Gasteiger partial charge in [0.25, 0.3) is 0 Å². The summed E-state index contributed by atoms with van der Waals surface area (Å²) >= 11 is 0. The van der Waals surface area contributed by atoms with Gasteiger partial charge in [-0.1, -0.05) is 12.2 Å². The van der Waals surface area contributed by atoms with Crippen LogP contribution in [-0.4, -0.2) is 20.1 Å². The van der Waals surface area contributed by atoms with Crippen molar-refractivity contribution in [1.82, 2.24) is 5.32 Å². The van der Waals surface area contributed by atoms with Crippen molar-refractivity contribution in [3.63, 3.8) is 0 Å². The van der Waals surface area contributed by atoms with Gasteiger partial charge in [-0.2, -0.15) is 0 Å². The highest BCUT2D eigenvalue weighted by Crippen LogP contribution is 2.30. The number of halogens is 1. The van der Waals surface area contributed by atoms with Gasteiger partial charge in [-0.25, -0.2) is 4.39 Å². The van der Waals surface area contributed by atoms with Gasteiger partial charge in [0.2, 0.25) is 0 Å². The summed E-state index contributed by atoms with van der Waals surface area (Å²) in [4.78, 5) is 2.32. The molecule has 0 aromatic heterocycles. The average Bonchev–Trinajstić information content (AvgIpc) is 2.41. The number of aryl methyl sites for hydroxylation is 1. The molecule has 98 valence electrons. The van der Waals surface area contributed by atoms with Crippen molar-refractivity contribution >= 4 is 5.69 Å². The van der Waals surface area contributed by atoms with E-state index in [9.17, 15) is 4.39 Å². The van der Waals surface area contributed by atoms with Gasteiger partial charge < -0.3 is 10.2 Å². The lowest BCUT2D eigenvalue weighted by molar-refractivity contribution is 0.599. The van der Waals surface area contributed by atoms with Crippen LogP contribution < -0.4 is 10.2 Å². The number of benzene rings is 1. The molecule has 1 aromatic carbocycles. The van der Waals surface area contributed by atoms with E-state index in [2.05, 4.69) is 29.3 Å². The molecule has 18 heavy (non-hydrogen) atoms. The minimum absolute atomic E-state index is 0.122. The van der Waals surface area contributed by atoms with Crippen LogP contribution in [0.1, 0.15) is 30.5 Å². The monoisotopic (exact) mass is 248 g/mol. The fourth-order valence-corrected chi connectivity index (χ4v) is 2.32. The zero-order valence-electron chi connectivity index (χ0n) is 11.3.